The molecular formula is C14H22N4O3. The van der Waals surface area contributed by atoms with Gasteiger partial charge in [0.25, 0.3) is 0 Å². The summed E-state index contributed by atoms with van der Waals surface area (Å²) in [6.45, 7) is 6.23. The van der Waals surface area contributed by atoms with Crippen molar-refractivity contribution in [3.05, 3.63) is 18.5 Å². The van der Waals surface area contributed by atoms with E-state index in [0.717, 1.165) is 0 Å². The maximum absolute atomic E-state index is 12.6. The number of hydrogen-bond donors (Lipinski definition) is 0. The topological polar surface area (TPSA) is 67.7 Å². The van der Waals surface area contributed by atoms with Gasteiger partial charge in [-0.05, 0) is 19.4 Å². The number of nitrogens with zero attached hydrogens (tertiary/aromatic N) is 4. The molecule has 1 fully saturated rings. The Morgan fingerprint density at radius 3 is 2.38 bits per heavy atom. The molecule has 1 aromatic rings. The van der Waals surface area contributed by atoms with Crippen LogP contribution in [0.25, 0.3) is 0 Å². The zero-order valence-electron chi connectivity index (χ0n) is 12.6. The van der Waals surface area contributed by atoms with E-state index in [4.69, 9.17) is 4.74 Å². The number of aromatic nitrogens is 2. The van der Waals surface area contributed by atoms with Crippen LogP contribution >= 0.6 is 0 Å². The summed E-state index contributed by atoms with van der Waals surface area (Å²) in [4.78, 5) is 27.6. The first-order chi connectivity index (χ1) is 10.2. The average Bonchev–Trinajstić information content (AvgIpc) is 3.02. The smallest absolute Gasteiger partial charge is 0.409 e. The summed E-state index contributed by atoms with van der Waals surface area (Å²) < 4.78 is 6.67. The van der Waals surface area contributed by atoms with Crippen LogP contribution in [0, 0.1) is 0 Å². The first kappa shape index (κ1) is 15.3. The van der Waals surface area contributed by atoms with Crippen LogP contribution in [0.1, 0.15) is 26.3 Å². The Hall–Kier alpha value is -2.05. The monoisotopic (exact) mass is 294 g/mol. The van der Waals surface area contributed by atoms with Gasteiger partial charge in [-0.25, -0.2) is 4.79 Å². The van der Waals surface area contributed by atoms with Crippen LogP contribution in [0.3, 0.4) is 0 Å². The third kappa shape index (κ3) is 3.53. The number of carbonyl (C=O) groups is 2. The van der Waals surface area contributed by atoms with Gasteiger partial charge in [-0.1, -0.05) is 6.92 Å². The first-order valence-corrected chi connectivity index (χ1v) is 7.37. The maximum atomic E-state index is 12.6. The normalized spacial score (nSPS) is 16.7. The van der Waals surface area contributed by atoms with Crippen molar-refractivity contribution in [3.8, 4) is 0 Å². The maximum Gasteiger partial charge on any atom is 0.409 e. The van der Waals surface area contributed by atoms with Crippen molar-refractivity contribution in [2.24, 2.45) is 0 Å². The Balaban J connectivity index is 1.92. The van der Waals surface area contributed by atoms with E-state index in [1.807, 2.05) is 13.0 Å². The lowest BCUT2D eigenvalue weighted by Gasteiger charge is -2.35. The third-order valence-corrected chi connectivity index (χ3v) is 3.63. The molecule has 0 saturated carbocycles. The zero-order valence-corrected chi connectivity index (χ0v) is 12.6. The van der Waals surface area contributed by atoms with Crippen LogP contribution in [0.5, 0.6) is 0 Å². The molecule has 0 radical (unpaired) electrons. The Morgan fingerprint density at radius 1 is 1.19 bits per heavy atom. The van der Waals surface area contributed by atoms with Crippen molar-refractivity contribution in [3.63, 3.8) is 0 Å². The number of rotatable bonds is 4. The zero-order chi connectivity index (χ0) is 15.2. The third-order valence-electron chi connectivity index (χ3n) is 3.63. The number of ether oxygens (including phenoxy) is 1. The van der Waals surface area contributed by atoms with Crippen molar-refractivity contribution in [1.82, 2.24) is 19.6 Å². The number of carbonyl (C=O) groups excluding carboxylic acids is 2. The highest BCUT2D eigenvalue weighted by Crippen LogP contribution is 2.15. The predicted octanol–water partition coefficient (Wildman–Crippen LogP) is 1.13. The summed E-state index contributed by atoms with van der Waals surface area (Å²) in [6.07, 6.45) is 3.87. The first-order valence-electron chi connectivity index (χ1n) is 7.37. The highest BCUT2D eigenvalue weighted by molar-refractivity contribution is 5.80. The Morgan fingerprint density at radius 2 is 1.86 bits per heavy atom. The lowest BCUT2D eigenvalue weighted by molar-refractivity contribution is -0.136. The summed E-state index contributed by atoms with van der Waals surface area (Å²) in [5, 5.41) is 4.16. The molecule has 21 heavy (non-hydrogen) atoms. The number of amides is 2. The van der Waals surface area contributed by atoms with E-state index < -0.39 is 0 Å². The van der Waals surface area contributed by atoms with E-state index in [0.29, 0.717) is 39.2 Å². The minimum Gasteiger partial charge on any atom is -0.450 e. The van der Waals surface area contributed by atoms with Gasteiger partial charge in [-0.3, -0.25) is 9.48 Å². The molecule has 2 heterocycles. The molecule has 0 N–H and O–H groups in total. The molecule has 1 aromatic heterocycles. The predicted molar refractivity (Wildman–Crippen MR) is 76.7 cm³/mol. The molecule has 0 aliphatic carbocycles. The van der Waals surface area contributed by atoms with Crippen LogP contribution in [0.4, 0.5) is 4.79 Å². The van der Waals surface area contributed by atoms with Gasteiger partial charge in [0.1, 0.15) is 6.04 Å². The van der Waals surface area contributed by atoms with Crippen LogP contribution in [-0.4, -0.2) is 64.4 Å². The molecular weight excluding hydrogens is 272 g/mol. The lowest BCUT2D eigenvalue weighted by Crippen LogP contribution is -2.52. The summed E-state index contributed by atoms with van der Waals surface area (Å²) >= 11 is 0. The van der Waals surface area contributed by atoms with Gasteiger partial charge < -0.3 is 14.5 Å². The number of piperazine rings is 1. The molecule has 1 unspecified atom stereocenters. The molecule has 7 nitrogen and oxygen atoms in total. The largest absolute Gasteiger partial charge is 0.450 e. The molecule has 2 amide bonds. The highest BCUT2D eigenvalue weighted by Gasteiger charge is 2.29. The van der Waals surface area contributed by atoms with E-state index in [2.05, 4.69) is 5.10 Å². The van der Waals surface area contributed by atoms with Gasteiger partial charge in [-0.2, -0.15) is 5.10 Å². The van der Waals surface area contributed by atoms with E-state index in [-0.39, 0.29) is 18.0 Å². The van der Waals surface area contributed by atoms with E-state index >= 15 is 0 Å². The van der Waals surface area contributed by atoms with Crippen molar-refractivity contribution in [2.75, 3.05) is 32.8 Å². The van der Waals surface area contributed by atoms with Crippen LogP contribution in [0.2, 0.25) is 0 Å². The van der Waals surface area contributed by atoms with Crippen LogP contribution in [-0.2, 0) is 9.53 Å². The summed E-state index contributed by atoms with van der Waals surface area (Å²) in [6, 6.07) is 1.54. The molecule has 1 aliphatic heterocycles. The fourth-order valence-electron chi connectivity index (χ4n) is 2.47. The second-order valence-corrected chi connectivity index (χ2v) is 4.92. The van der Waals surface area contributed by atoms with E-state index in [1.54, 1.807) is 33.8 Å². The minimum absolute atomic E-state index is 0.0599. The summed E-state index contributed by atoms with van der Waals surface area (Å²) in [5.41, 5.74) is 0. The molecule has 1 saturated heterocycles. The highest BCUT2D eigenvalue weighted by atomic mass is 16.6. The Bertz CT molecular complexity index is 467. The second-order valence-electron chi connectivity index (χ2n) is 4.92. The van der Waals surface area contributed by atoms with Crippen molar-refractivity contribution >= 4 is 12.0 Å². The quantitative estimate of drug-likeness (QED) is 0.835. The second kappa shape index (κ2) is 7.10. The minimum atomic E-state index is -0.302. The lowest BCUT2D eigenvalue weighted by atomic mass is 10.2. The Kier molecular flexibility index (Phi) is 5.19. The van der Waals surface area contributed by atoms with E-state index in [1.165, 1.54) is 0 Å². The van der Waals surface area contributed by atoms with Crippen molar-refractivity contribution in [2.45, 2.75) is 26.3 Å². The molecule has 1 atom stereocenters. The fraction of sp³-hybridized carbons (Fsp3) is 0.643. The fourth-order valence-corrected chi connectivity index (χ4v) is 2.47. The van der Waals surface area contributed by atoms with Crippen molar-refractivity contribution < 1.29 is 14.3 Å². The SMILES string of the molecule is CCOC(=O)N1CCN(C(=O)C(CC)n2cccn2)CC1. The Labute approximate surface area is 124 Å². The summed E-state index contributed by atoms with van der Waals surface area (Å²) in [5.74, 6) is 0.0599. The molecule has 2 rings (SSSR count). The summed E-state index contributed by atoms with van der Waals surface area (Å²) in [7, 11) is 0. The van der Waals surface area contributed by atoms with Gasteiger partial charge in [0.2, 0.25) is 5.91 Å². The number of hydrogen-bond acceptors (Lipinski definition) is 4. The molecule has 1 aliphatic rings. The van der Waals surface area contributed by atoms with E-state index in [9.17, 15) is 9.59 Å². The van der Waals surface area contributed by atoms with Gasteiger partial charge in [0, 0.05) is 38.6 Å². The molecule has 0 bridgehead atoms. The van der Waals surface area contributed by atoms with Gasteiger partial charge >= 0.3 is 6.09 Å². The molecule has 0 spiro atoms. The molecule has 7 heteroatoms. The van der Waals surface area contributed by atoms with Crippen LogP contribution < -0.4 is 0 Å². The average molecular weight is 294 g/mol. The van der Waals surface area contributed by atoms with Crippen LogP contribution in [0.15, 0.2) is 18.5 Å². The van der Waals surface area contributed by atoms with Gasteiger partial charge in [-0.15, -0.1) is 0 Å². The standard InChI is InChI=1S/C14H22N4O3/c1-3-12(18-7-5-6-15-18)13(19)16-8-10-17(11-9-16)14(20)21-4-2/h5-7,12H,3-4,8-11H2,1-2H3. The van der Waals surface area contributed by atoms with Gasteiger partial charge in [0.15, 0.2) is 0 Å². The molecule has 0 aromatic carbocycles. The van der Waals surface area contributed by atoms with Gasteiger partial charge in [0.05, 0.1) is 6.61 Å². The molecule has 116 valence electrons. The van der Waals surface area contributed by atoms with Crippen molar-refractivity contribution in [1.29, 1.82) is 0 Å².